The second-order valence-corrected chi connectivity index (χ2v) is 20.1. The first-order valence-corrected chi connectivity index (χ1v) is 23.6. The third-order valence-corrected chi connectivity index (χ3v) is 17.8. The summed E-state index contributed by atoms with van der Waals surface area (Å²) in [4.78, 5) is 0. The summed E-state index contributed by atoms with van der Waals surface area (Å²) >= 11 is 0. The maximum atomic E-state index is 7.04. The van der Waals surface area contributed by atoms with E-state index in [0.29, 0.717) is 0 Å². The fraction of sp³-hybridized carbons (Fsp3) is 0. The second-order valence-electron chi connectivity index (χ2n) is 20.1. The minimum Gasteiger partial charge on any atom is -0.457 e. The van der Waals surface area contributed by atoms with Gasteiger partial charge in [0, 0.05) is 10.8 Å². The molecule has 0 spiro atoms. The Morgan fingerprint density at radius 3 is 0.875 bits per heavy atom. The van der Waals surface area contributed by atoms with Gasteiger partial charge in [0.15, 0.2) is 0 Å². The molecule has 9 rings (SSSR count). The molecule has 1 nitrogen and oxygen atoms in total. The van der Waals surface area contributed by atoms with E-state index in [0.717, 1.165) is 11.2 Å². The van der Waals surface area contributed by atoms with Crippen LogP contribution < -0.4 is 115 Å². The predicted molar refractivity (Wildman–Crippen MR) is 354 cm³/mol. The highest BCUT2D eigenvalue weighted by Crippen LogP contribution is 2.42. The normalized spacial score (nSPS) is 11.8. The Hall–Kier alpha value is -4.30. The van der Waals surface area contributed by atoms with Crippen LogP contribution in [0.5, 0.6) is 0 Å². The average molecular weight is 795 g/mol. The molecular weight excluding hydrogens is 748 g/mol. The van der Waals surface area contributed by atoms with Crippen molar-refractivity contribution in [1.82, 2.24) is 0 Å². The summed E-state index contributed by atoms with van der Waals surface area (Å²) in [5.41, 5.74) is 38.6. The summed E-state index contributed by atoms with van der Waals surface area (Å²) in [6, 6.07) is 11.1. The van der Waals surface area contributed by atoms with Gasteiger partial charge >= 0.3 is 0 Å². The van der Waals surface area contributed by atoms with Crippen LogP contribution in [0.2, 0.25) is 0 Å². The highest BCUT2D eigenvalue weighted by Gasteiger charge is 2.31. The van der Waals surface area contributed by atoms with Crippen LogP contribution in [-0.2, 0) is 0 Å². The Bertz CT molecular complexity index is 3590. The quantitative estimate of drug-likeness (QED) is 0.128. The first kappa shape index (κ1) is 44.9. The summed E-state index contributed by atoms with van der Waals surface area (Å²) < 4.78 is 7.04. The fourth-order valence-electron chi connectivity index (χ4n) is 12.3. The highest BCUT2D eigenvalue weighted by atomic mass is 16.3. The van der Waals surface area contributed by atoms with Crippen molar-refractivity contribution in [2.45, 2.75) is 0 Å². The Kier molecular flexibility index (Phi) is 10.8. The Balaban J connectivity index is 1.65. The van der Waals surface area contributed by atoms with Crippen molar-refractivity contribution in [3.8, 4) is 33.4 Å². The van der Waals surface area contributed by atoms with E-state index in [2.05, 4.69) is 195 Å². The lowest BCUT2D eigenvalue weighted by Gasteiger charge is -2.32. The van der Waals surface area contributed by atoms with Crippen molar-refractivity contribution in [3.05, 3.63) is 30.3 Å². The molecule has 0 radical (unpaired) electrons. The van der Waals surface area contributed by atoms with Gasteiger partial charge in [-0.3, -0.25) is 0 Å². The maximum Gasteiger partial charge on any atom is 0.143 e. The number of hydrogen-bond acceptors (Lipinski definition) is 1. The molecule has 0 N–H and O–H groups in total. The van der Waals surface area contributed by atoms with E-state index >= 15 is 0 Å². The molecular formula is C42H47B21O. The molecule has 0 fully saturated rings. The van der Waals surface area contributed by atoms with Crippen molar-refractivity contribution in [1.29, 1.82) is 0 Å². The second kappa shape index (κ2) is 15.4. The summed E-state index contributed by atoms with van der Waals surface area (Å²) in [7, 11) is 49.5. The zero-order valence-electron chi connectivity index (χ0n) is 42.8. The van der Waals surface area contributed by atoms with Crippen molar-refractivity contribution < 1.29 is 4.42 Å². The third-order valence-electron chi connectivity index (χ3n) is 17.8. The lowest BCUT2D eigenvalue weighted by molar-refractivity contribution is 0.675. The predicted octanol–water partition coefficient (Wildman–Crippen LogP) is -24.5. The van der Waals surface area contributed by atoms with Crippen molar-refractivity contribution in [2.75, 3.05) is 0 Å². The number of furan rings is 1. The van der Waals surface area contributed by atoms with Crippen LogP contribution in [0.1, 0.15) is 0 Å². The van der Waals surface area contributed by atoms with Gasteiger partial charge in [0.1, 0.15) is 176 Å². The molecule has 0 bridgehead atoms. The molecule has 284 valence electrons. The smallest absolute Gasteiger partial charge is 0.143 e. The molecule has 64 heavy (non-hydrogen) atoms. The summed E-state index contributed by atoms with van der Waals surface area (Å²) in [5, 5.41) is 10.9. The van der Waals surface area contributed by atoms with Crippen molar-refractivity contribution >= 4 is 334 Å². The van der Waals surface area contributed by atoms with E-state index in [1.165, 1.54) is 191 Å². The van der Waals surface area contributed by atoms with Crippen molar-refractivity contribution in [3.63, 3.8) is 0 Å². The van der Waals surface area contributed by atoms with E-state index < -0.39 is 0 Å². The van der Waals surface area contributed by atoms with Crippen LogP contribution >= 0.6 is 0 Å². The van der Waals surface area contributed by atoms with Gasteiger partial charge in [-0.25, -0.2) is 0 Å². The molecule has 1 heterocycles. The number of hydrogen-bond donors (Lipinski definition) is 0. The van der Waals surface area contributed by atoms with Gasteiger partial charge in [-0.05, 0) is 65.7 Å². The molecule has 22 heteroatoms. The number of benzene rings is 8. The van der Waals surface area contributed by atoms with E-state index in [1.807, 2.05) is 0 Å². The number of fused-ring (bicyclic) bond motifs is 6. The Labute approximate surface area is 399 Å². The highest BCUT2D eigenvalue weighted by molar-refractivity contribution is 6.75. The third kappa shape index (κ3) is 5.75. The van der Waals surface area contributed by atoms with Gasteiger partial charge in [-0.1, -0.05) is 107 Å². The molecule has 0 amide bonds. The van der Waals surface area contributed by atoms with Crippen LogP contribution in [0.25, 0.3) is 87.6 Å². The van der Waals surface area contributed by atoms with Gasteiger partial charge in [0.05, 0.1) is 0 Å². The summed E-state index contributed by atoms with van der Waals surface area (Å²) in [6.45, 7) is 0. The number of rotatable bonds is 3. The molecule has 0 atom stereocenters. The average Bonchev–Trinajstić information content (AvgIpc) is 3.70. The van der Waals surface area contributed by atoms with Crippen LogP contribution in [0.15, 0.2) is 34.7 Å². The van der Waals surface area contributed by atoms with Crippen molar-refractivity contribution in [2.24, 2.45) is 0 Å². The van der Waals surface area contributed by atoms with E-state index in [9.17, 15) is 0 Å². The lowest BCUT2D eigenvalue weighted by atomic mass is 9.56. The SMILES string of the molecule is Bc1c(B)c(B)c2c(oc3c(B)c(B)c(-c4c5c(B)c(B)c(B)c(B)c5c(-c5c(B)c(B)c(-c6ccccc6)c6c(B)c(B)c(B)c(B)c56)c5c(B)c(B)c(B)c(B)c45)c(B)c32)c1B. The minimum absolute atomic E-state index is 1.03. The van der Waals surface area contributed by atoms with Gasteiger partial charge in [-0.2, -0.15) is 0 Å². The van der Waals surface area contributed by atoms with Crippen LogP contribution in [0.4, 0.5) is 0 Å². The molecule has 9 aromatic rings. The topological polar surface area (TPSA) is 13.1 Å². The van der Waals surface area contributed by atoms with E-state index in [1.54, 1.807) is 0 Å². The first-order chi connectivity index (χ1) is 30.1. The molecule has 0 aliphatic rings. The van der Waals surface area contributed by atoms with Gasteiger partial charge in [-0.15, -0.1) is 38.2 Å². The fourth-order valence-corrected chi connectivity index (χ4v) is 12.3. The molecule has 0 saturated heterocycles. The minimum atomic E-state index is 1.03. The maximum absolute atomic E-state index is 7.04. The van der Waals surface area contributed by atoms with Crippen LogP contribution in [0, 0.1) is 0 Å². The van der Waals surface area contributed by atoms with Crippen LogP contribution in [0.3, 0.4) is 0 Å². The molecule has 0 aliphatic heterocycles. The largest absolute Gasteiger partial charge is 0.457 e. The zero-order chi connectivity index (χ0) is 46.6. The molecule has 8 aromatic carbocycles. The first-order valence-electron chi connectivity index (χ1n) is 23.6. The molecule has 0 unspecified atom stereocenters. The standard InChI is InChI=1S/C42H47B21O/c43-20-17(29(52)39(62)41-18(20)19-30(53)37(60)38(61)40(63)42(19)64-41)9-14-11(24(47)32(55)34(57)26(14)49)8(12-15(9)27(50)35(58)33(56)25(12)48)13-16-10(23(46)31(54)36(59)28(16)51)7(21(44)22(13)45)6-4-2-1-3-5-6/h1-5H,43-63H2. The molecule has 0 aliphatic carbocycles. The summed E-state index contributed by atoms with van der Waals surface area (Å²) in [5.74, 6) is 0. The Morgan fingerprint density at radius 2 is 0.469 bits per heavy atom. The van der Waals surface area contributed by atoms with E-state index in [-0.39, 0.29) is 0 Å². The zero-order valence-corrected chi connectivity index (χ0v) is 42.8. The molecule has 1 aromatic heterocycles. The van der Waals surface area contributed by atoms with Gasteiger partial charge < -0.3 is 4.42 Å². The van der Waals surface area contributed by atoms with Gasteiger partial charge in [0.2, 0.25) is 0 Å². The monoisotopic (exact) mass is 799 g/mol. The van der Waals surface area contributed by atoms with E-state index in [4.69, 9.17) is 4.42 Å². The Morgan fingerprint density at radius 1 is 0.203 bits per heavy atom. The van der Waals surface area contributed by atoms with Crippen LogP contribution in [-0.4, -0.2) is 165 Å². The lowest BCUT2D eigenvalue weighted by Crippen LogP contribution is -2.51. The molecule has 0 saturated carbocycles. The van der Waals surface area contributed by atoms with Gasteiger partial charge in [0.25, 0.3) is 0 Å². The summed E-state index contributed by atoms with van der Waals surface area (Å²) in [6.07, 6.45) is 0.